The van der Waals surface area contributed by atoms with Gasteiger partial charge >= 0.3 is 0 Å². The van der Waals surface area contributed by atoms with E-state index >= 15 is 0 Å². The molecule has 0 aliphatic carbocycles. The summed E-state index contributed by atoms with van der Waals surface area (Å²) in [5, 5.41) is 19.6. The number of rotatable bonds is 9. The third-order valence-corrected chi connectivity index (χ3v) is 10.3. The van der Waals surface area contributed by atoms with Crippen LogP contribution in [0.25, 0.3) is 0 Å². The maximum absolute atomic E-state index is 12.8. The Morgan fingerprint density at radius 1 is 0.636 bits per heavy atom. The predicted octanol–water partition coefficient (Wildman–Crippen LogP) is 6.46. The van der Waals surface area contributed by atoms with Gasteiger partial charge in [-0.25, -0.2) is 0 Å². The molecule has 0 bridgehead atoms. The number of benzene rings is 4. The van der Waals surface area contributed by atoms with E-state index in [1.165, 1.54) is 14.2 Å². The number of hydrogen-bond donors (Lipinski definition) is 2. The topological polar surface area (TPSA) is 99.5 Å². The smallest absolute Gasteiger partial charge is 0.238 e. The molecule has 2 atom stereocenters. The van der Waals surface area contributed by atoms with Crippen molar-refractivity contribution in [2.24, 2.45) is 0 Å². The molecule has 0 aromatic heterocycles. The summed E-state index contributed by atoms with van der Waals surface area (Å²) < 4.78 is 10.5. The van der Waals surface area contributed by atoms with E-state index in [1.807, 2.05) is 36.4 Å². The van der Waals surface area contributed by atoms with E-state index in [9.17, 15) is 19.8 Å². The van der Waals surface area contributed by atoms with Crippen LogP contribution in [0.5, 0.6) is 23.0 Å². The summed E-state index contributed by atoms with van der Waals surface area (Å²) >= 11 is 3.10. The number of carbonyl (C=O) groups is 2. The highest BCUT2D eigenvalue weighted by molar-refractivity contribution is 8.01. The summed E-state index contributed by atoms with van der Waals surface area (Å²) in [4.78, 5) is 29.3. The summed E-state index contributed by atoms with van der Waals surface area (Å²) in [6, 6.07) is 26.6. The third-order valence-electron chi connectivity index (χ3n) is 7.84. The van der Waals surface area contributed by atoms with Crippen LogP contribution in [-0.4, -0.2) is 47.8 Å². The van der Waals surface area contributed by atoms with Gasteiger partial charge in [0.25, 0.3) is 0 Å². The highest BCUT2D eigenvalue weighted by atomic mass is 32.2. The minimum Gasteiger partial charge on any atom is -0.504 e. The molecule has 0 radical (unpaired) electrons. The Hall–Kier alpha value is -4.28. The molecule has 4 aromatic rings. The normalized spacial score (nSPS) is 18.2. The molecule has 226 valence electrons. The monoisotopic (exact) mass is 628 g/mol. The van der Waals surface area contributed by atoms with E-state index in [1.54, 1.807) is 57.6 Å². The fourth-order valence-electron chi connectivity index (χ4n) is 5.53. The summed E-state index contributed by atoms with van der Waals surface area (Å²) in [6.07, 6.45) is 1.66. The molecular weight excluding hydrogens is 597 g/mol. The van der Waals surface area contributed by atoms with Gasteiger partial charge in [0.2, 0.25) is 11.8 Å². The Bertz CT molecular complexity index is 1550. The number of amides is 2. The van der Waals surface area contributed by atoms with Crippen LogP contribution < -0.4 is 19.3 Å². The summed E-state index contributed by atoms with van der Waals surface area (Å²) in [5.41, 5.74) is 5.77. The van der Waals surface area contributed by atoms with Crippen LogP contribution in [0.1, 0.15) is 33.0 Å². The lowest BCUT2D eigenvalue weighted by Crippen LogP contribution is -2.27. The molecule has 2 N–H and O–H groups in total. The lowest BCUT2D eigenvalue weighted by molar-refractivity contribution is -0.116. The lowest BCUT2D eigenvalue weighted by atomic mass is 10.0. The number of phenolic OH excluding ortho intramolecular Hbond substituents is 2. The third kappa shape index (κ3) is 5.92. The minimum absolute atomic E-state index is 0.0431. The number of aryl methyl sites for hydroxylation is 2. The van der Waals surface area contributed by atoms with Crippen LogP contribution in [0.3, 0.4) is 0 Å². The first kappa shape index (κ1) is 29.8. The number of carbonyl (C=O) groups excluding carboxylic acids is 2. The van der Waals surface area contributed by atoms with Crippen molar-refractivity contribution in [2.75, 3.05) is 35.5 Å². The van der Waals surface area contributed by atoms with E-state index in [0.29, 0.717) is 23.0 Å². The molecule has 0 saturated carbocycles. The van der Waals surface area contributed by atoms with Crippen molar-refractivity contribution in [3.05, 3.63) is 107 Å². The largest absolute Gasteiger partial charge is 0.504 e. The Balaban J connectivity index is 1.11. The number of hydrogen-bond acceptors (Lipinski definition) is 8. The van der Waals surface area contributed by atoms with Gasteiger partial charge in [0.15, 0.2) is 23.0 Å². The van der Waals surface area contributed by atoms with E-state index in [4.69, 9.17) is 9.47 Å². The number of nitrogens with zero attached hydrogens (tertiary/aromatic N) is 2. The molecule has 2 heterocycles. The molecule has 0 unspecified atom stereocenters. The van der Waals surface area contributed by atoms with Crippen LogP contribution in [0, 0.1) is 0 Å². The molecule has 2 aliphatic rings. The van der Waals surface area contributed by atoms with Crippen LogP contribution in [0.4, 0.5) is 11.4 Å². The molecule has 2 amide bonds. The van der Waals surface area contributed by atoms with Gasteiger partial charge in [0.1, 0.15) is 10.7 Å². The molecule has 4 aromatic carbocycles. The summed E-state index contributed by atoms with van der Waals surface area (Å²) in [6.45, 7) is 0. The number of anilines is 2. The van der Waals surface area contributed by atoms with Gasteiger partial charge in [-0.3, -0.25) is 19.4 Å². The van der Waals surface area contributed by atoms with Crippen molar-refractivity contribution < 1.29 is 29.3 Å². The minimum atomic E-state index is -0.196. The number of phenols is 2. The lowest BCUT2D eigenvalue weighted by Gasteiger charge is -2.25. The predicted molar refractivity (Wildman–Crippen MR) is 175 cm³/mol. The number of aromatic hydroxyl groups is 2. The molecule has 10 heteroatoms. The van der Waals surface area contributed by atoms with Crippen molar-refractivity contribution in [3.8, 4) is 23.0 Å². The second-order valence-corrected chi connectivity index (χ2v) is 12.7. The Morgan fingerprint density at radius 2 is 1.02 bits per heavy atom. The second kappa shape index (κ2) is 12.8. The van der Waals surface area contributed by atoms with Gasteiger partial charge < -0.3 is 19.7 Å². The van der Waals surface area contributed by atoms with Gasteiger partial charge in [-0.1, -0.05) is 36.4 Å². The molecule has 8 nitrogen and oxygen atoms in total. The first-order chi connectivity index (χ1) is 21.4. The molecule has 2 saturated heterocycles. The SMILES string of the molecule is COc1cc([C@@H]2SCC(=O)N2c2ccc(CCc3ccc(N4C(=O)CS[C@H]4c4ccc(O)c(OC)c4)cc3)cc2)ccc1O. The number of thioether (sulfide) groups is 2. The average Bonchev–Trinajstić information content (AvgIpc) is 3.63. The van der Waals surface area contributed by atoms with Crippen molar-refractivity contribution in [3.63, 3.8) is 0 Å². The number of ether oxygens (including phenoxy) is 2. The first-order valence-corrected chi connectivity index (χ1v) is 16.2. The van der Waals surface area contributed by atoms with Gasteiger partial charge in [-0.15, -0.1) is 23.5 Å². The summed E-state index contributed by atoms with van der Waals surface area (Å²) in [7, 11) is 3.02. The molecule has 44 heavy (non-hydrogen) atoms. The second-order valence-electron chi connectivity index (χ2n) is 10.5. The van der Waals surface area contributed by atoms with Crippen LogP contribution >= 0.6 is 23.5 Å². The molecular formula is C34H32N2O6S2. The quantitative estimate of drug-likeness (QED) is 0.218. The zero-order valence-electron chi connectivity index (χ0n) is 24.3. The van der Waals surface area contributed by atoms with Gasteiger partial charge in [0.05, 0.1) is 25.7 Å². The Kier molecular flexibility index (Phi) is 8.63. The van der Waals surface area contributed by atoms with Crippen LogP contribution in [0.2, 0.25) is 0 Å². The van der Waals surface area contributed by atoms with Crippen molar-refractivity contribution in [2.45, 2.75) is 23.6 Å². The van der Waals surface area contributed by atoms with E-state index in [-0.39, 0.29) is 34.1 Å². The average molecular weight is 629 g/mol. The van der Waals surface area contributed by atoms with E-state index in [0.717, 1.165) is 46.5 Å². The van der Waals surface area contributed by atoms with Crippen molar-refractivity contribution in [1.29, 1.82) is 0 Å². The highest BCUT2D eigenvalue weighted by Gasteiger charge is 2.35. The van der Waals surface area contributed by atoms with Crippen LogP contribution in [0.15, 0.2) is 84.9 Å². The maximum atomic E-state index is 12.8. The van der Waals surface area contributed by atoms with Gasteiger partial charge in [-0.2, -0.15) is 0 Å². The first-order valence-electron chi connectivity index (χ1n) is 14.2. The van der Waals surface area contributed by atoms with E-state index < -0.39 is 0 Å². The van der Waals surface area contributed by atoms with Crippen LogP contribution in [-0.2, 0) is 22.4 Å². The maximum Gasteiger partial charge on any atom is 0.238 e. The van der Waals surface area contributed by atoms with Crippen molar-refractivity contribution in [1.82, 2.24) is 0 Å². The van der Waals surface area contributed by atoms with E-state index in [2.05, 4.69) is 24.3 Å². The Morgan fingerprint density at radius 3 is 1.39 bits per heavy atom. The van der Waals surface area contributed by atoms with Gasteiger partial charge in [-0.05, 0) is 83.6 Å². The zero-order valence-corrected chi connectivity index (χ0v) is 25.9. The van der Waals surface area contributed by atoms with Gasteiger partial charge in [0, 0.05) is 11.4 Å². The molecule has 6 rings (SSSR count). The fraction of sp³-hybridized carbons (Fsp3) is 0.235. The highest BCUT2D eigenvalue weighted by Crippen LogP contribution is 2.45. The molecule has 0 spiro atoms. The van der Waals surface area contributed by atoms with Crippen molar-refractivity contribution >= 4 is 46.7 Å². The zero-order chi connectivity index (χ0) is 30.8. The Labute approximate surface area is 264 Å². The number of methoxy groups -OCH3 is 2. The molecule has 2 fully saturated rings. The molecule has 2 aliphatic heterocycles. The summed E-state index contributed by atoms with van der Waals surface area (Å²) in [5.74, 6) is 1.76. The fourth-order valence-corrected chi connectivity index (χ4v) is 7.86. The standard InChI is InChI=1S/C34H32N2O6S2/c1-41-29-17-23(9-15-27(29)37)33-35(31(39)19-43-33)25-11-5-21(6-12-25)3-4-22-7-13-26(14-8-22)36-32(40)20-44-34(36)24-10-16-28(38)30(18-24)42-2/h5-18,33-34,37-38H,3-4,19-20H2,1-2H3/t33-,34-/m0/s1.